The van der Waals surface area contributed by atoms with Crippen molar-refractivity contribution in [1.29, 1.82) is 0 Å². The van der Waals surface area contributed by atoms with E-state index in [-0.39, 0.29) is 5.60 Å². The van der Waals surface area contributed by atoms with Gasteiger partial charge in [0.25, 0.3) is 0 Å². The van der Waals surface area contributed by atoms with Gasteiger partial charge in [-0.1, -0.05) is 68.3 Å². The highest BCUT2D eigenvalue weighted by Gasteiger charge is 2.29. The first-order valence-corrected chi connectivity index (χ1v) is 10.7. The van der Waals surface area contributed by atoms with E-state index in [9.17, 15) is 5.11 Å². The predicted molar refractivity (Wildman–Crippen MR) is 117 cm³/mol. The summed E-state index contributed by atoms with van der Waals surface area (Å²) in [6, 6.07) is 16.3. The maximum absolute atomic E-state index is 10.8. The molecule has 1 aliphatic carbocycles. The highest BCUT2D eigenvalue weighted by molar-refractivity contribution is 5.43. The van der Waals surface area contributed by atoms with Crippen molar-refractivity contribution in [1.82, 2.24) is 0 Å². The van der Waals surface area contributed by atoms with Crippen LogP contribution in [0.2, 0.25) is 0 Å². The first-order chi connectivity index (χ1) is 13.5. The highest BCUT2D eigenvalue weighted by Crippen LogP contribution is 2.44. The van der Waals surface area contributed by atoms with Crippen molar-refractivity contribution in [2.75, 3.05) is 0 Å². The number of hydrogen-bond acceptors (Lipinski definition) is 2. The third kappa shape index (κ3) is 5.19. The summed E-state index contributed by atoms with van der Waals surface area (Å²) in [6.07, 6.45) is 11.1. The number of aryl methyl sites for hydroxylation is 1. The average molecular weight is 379 g/mol. The summed E-state index contributed by atoms with van der Waals surface area (Å²) < 4.78 is 6.15. The summed E-state index contributed by atoms with van der Waals surface area (Å²) in [7, 11) is 0. The summed E-state index contributed by atoms with van der Waals surface area (Å²) >= 11 is 0. The lowest BCUT2D eigenvalue weighted by atomic mass is 9.86. The fourth-order valence-electron chi connectivity index (χ4n) is 4.36. The fraction of sp³-hybridized carbons (Fsp3) is 0.462. The van der Waals surface area contributed by atoms with Crippen LogP contribution < -0.4 is 4.74 Å². The quantitative estimate of drug-likeness (QED) is 0.500. The summed E-state index contributed by atoms with van der Waals surface area (Å²) in [4.78, 5) is 0. The minimum Gasteiger partial charge on any atom is -0.507 e. The third-order valence-electron chi connectivity index (χ3n) is 5.77. The minimum atomic E-state index is -0.241. The number of phenols is 1. The summed E-state index contributed by atoms with van der Waals surface area (Å²) in [6.45, 7) is 6.43. The second-order valence-corrected chi connectivity index (χ2v) is 8.61. The first kappa shape index (κ1) is 20.5. The first-order valence-electron chi connectivity index (χ1n) is 10.7. The van der Waals surface area contributed by atoms with Gasteiger partial charge in [0.05, 0.1) is 0 Å². The Morgan fingerprint density at radius 2 is 1.86 bits per heavy atom. The van der Waals surface area contributed by atoms with Crippen LogP contribution in [0.4, 0.5) is 0 Å². The highest BCUT2D eigenvalue weighted by atomic mass is 16.5. The van der Waals surface area contributed by atoms with Crippen LogP contribution in [0, 0.1) is 5.92 Å². The van der Waals surface area contributed by atoms with Gasteiger partial charge in [0.15, 0.2) is 0 Å². The van der Waals surface area contributed by atoms with Crippen LogP contribution in [0.25, 0.3) is 0 Å². The summed E-state index contributed by atoms with van der Waals surface area (Å²) in [5.74, 6) is 2.36. The van der Waals surface area contributed by atoms with Crippen molar-refractivity contribution in [2.24, 2.45) is 5.92 Å². The molecule has 3 rings (SSSR count). The van der Waals surface area contributed by atoms with Gasteiger partial charge in [-0.3, -0.25) is 0 Å². The number of rotatable bonds is 8. The molecule has 0 heterocycles. The SMILES string of the molecule is CCCc1cccc([C@H]2CCCC2/C=C/CC(C)(C)Oc2ccccc2)c1O. The maximum Gasteiger partial charge on any atom is 0.122 e. The normalized spacial score (nSPS) is 20.0. The molecule has 0 aromatic heterocycles. The van der Waals surface area contributed by atoms with Crippen molar-refractivity contribution >= 4 is 0 Å². The zero-order chi connectivity index (χ0) is 20.0. The van der Waals surface area contributed by atoms with E-state index in [1.165, 1.54) is 12.8 Å². The van der Waals surface area contributed by atoms with Crippen molar-refractivity contribution in [3.8, 4) is 11.5 Å². The maximum atomic E-state index is 10.8. The molecule has 2 aromatic rings. The standard InChI is InChI=1S/C26H34O2/c1-4-11-21-13-9-18-24(25(21)27)23-17-8-12-20(23)14-10-19-26(2,3)28-22-15-6-5-7-16-22/h5-7,9-10,13-16,18,20,23,27H,4,8,11-12,17,19H2,1-3H3/b14-10+/t20?,23-/m0/s1. The van der Waals surface area contributed by atoms with Crippen LogP contribution in [0.15, 0.2) is 60.7 Å². The molecule has 150 valence electrons. The van der Waals surface area contributed by atoms with E-state index in [1.54, 1.807) is 0 Å². The van der Waals surface area contributed by atoms with Gasteiger partial charge in [-0.25, -0.2) is 0 Å². The Balaban J connectivity index is 1.66. The number of phenolic OH excluding ortho intramolecular Hbond substituents is 1. The van der Waals surface area contributed by atoms with Gasteiger partial charge in [0, 0.05) is 6.42 Å². The van der Waals surface area contributed by atoms with E-state index in [1.807, 2.05) is 30.3 Å². The van der Waals surface area contributed by atoms with E-state index in [0.29, 0.717) is 17.6 Å². The summed E-state index contributed by atoms with van der Waals surface area (Å²) in [5.41, 5.74) is 1.99. The van der Waals surface area contributed by atoms with Crippen LogP contribution >= 0.6 is 0 Å². The Morgan fingerprint density at radius 3 is 2.61 bits per heavy atom. The number of benzene rings is 2. The van der Waals surface area contributed by atoms with Gasteiger partial charge < -0.3 is 9.84 Å². The van der Waals surface area contributed by atoms with Gasteiger partial charge in [-0.05, 0) is 68.2 Å². The Hall–Kier alpha value is -2.22. The van der Waals surface area contributed by atoms with E-state index in [2.05, 4.69) is 51.1 Å². The number of allylic oxidation sites excluding steroid dienone is 1. The van der Waals surface area contributed by atoms with Crippen molar-refractivity contribution in [2.45, 2.75) is 70.8 Å². The second-order valence-electron chi connectivity index (χ2n) is 8.61. The molecule has 1 saturated carbocycles. The number of ether oxygens (including phenoxy) is 1. The van der Waals surface area contributed by atoms with Gasteiger partial charge in [0.1, 0.15) is 17.1 Å². The van der Waals surface area contributed by atoms with Gasteiger partial charge in [-0.2, -0.15) is 0 Å². The van der Waals surface area contributed by atoms with E-state index in [0.717, 1.165) is 42.6 Å². The molecule has 2 nitrogen and oxygen atoms in total. The molecule has 2 aromatic carbocycles. The fourth-order valence-corrected chi connectivity index (χ4v) is 4.36. The number of aromatic hydroxyl groups is 1. The minimum absolute atomic E-state index is 0.241. The zero-order valence-electron chi connectivity index (χ0n) is 17.5. The molecule has 0 aliphatic heterocycles. The molecule has 0 spiro atoms. The largest absolute Gasteiger partial charge is 0.507 e. The van der Waals surface area contributed by atoms with E-state index >= 15 is 0 Å². The number of para-hydroxylation sites is 2. The number of hydrogen-bond donors (Lipinski definition) is 1. The van der Waals surface area contributed by atoms with Crippen LogP contribution in [-0.4, -0.2) is 10.7 Å². The van der Waals surface area contributed by atoms with Crippen LogP contribution in [0.5, 0.6) is 11.5 Å². The van der Waals surface area contributed by atoms with Gasteiger partial charge in [0.2, 0.25) is 0 Å². The average Bonchev–Trinajstić information content (AvgIpc) is 3.12. The Morgan fingerprint density at radius 1 is 1.07 bits per heavy atom. The van der Waals surface area contributed by atoms with Gasteiger partial charge in [-0.15, -0.1) is 0 Å². The third-order valence-corrected chi connectivity index (χ3v) is 5.77. The van der Waals surface area contributed by atoms with E-state index in [4.69, 9.17) is 4.74 Å². The second kappa shape index (κ2) is 9.32. The van der Waals surface area contributed by atoms with Crippen molar-refractivity contribution in [3.63, 3.8) is 0 Å². The molecule has 1 N–H and O–H groups in total. The Labute approximate surface area is 170 Å². The molecule has 0 saturated heterocycles. The topological polar surface area (TPSA) is 29.5 Å². The van der Waals surface area contributed by atoms with Crippen molar-refractivity contribution in [3.05, 3.63) is 71.8 Å². The molecule has 2 heteroatoms. The Bertz CT molecular complexity index is 776. The predicted octanol–water partition coefficient (Wildman–Crippen LogP) is 7.03. The van der Waals surface area contributed by atoms with Crippen molar-refractivity contribution < 1.29 is 9.84 Å². The molecule has 0 amide bonds. The molecule has 28 heavy (non-hydrogen) atoms. The molecule has 0 radical (unpaired) electrons. The zero-order valence-corrected chi connectivity index (χ0v) is 17.5. The smallest absolute Gasteiger partial charge is 0.122 e. The van der Waals surface area contributed by atoms with Crippen LogP contribution in [-0.2, 0) is 6.42 Å². The lowest BCUT2D eigenvalue weighted by Gasteiger charge is -2.25. The van der Waals surface area contributed by atoms with Crippen LogP contribution in [0.1, 0.15) is 69.9 Å². The lowest BCUT2D eigenvalue weighted by Crippen LogP contribution is -2.27. The molecular weight excluding hydrogens is 344 g/mol. The monoisotopic (exact) mass is 378 g/mol. The molecule has 2 atom stereocenters. The molecule has 1 aliphatic rings. The summed E-state index contributed by atoms with van der Waals surface area (Å²) in [5, 5.41) is 10.8. The van der Waals surface area contributed by atoms with Gasteiger partial charge >= 0.3 is 0 Å². The Kier molecular flexibility index (Phi) is 6.83. The van der Waals surface area contributed by atoms with E-state index < -0.39 is 0 Å². The van der Waals surface area contributed by atoms with Crippen LogP contribution in [0.3, 0.4) is 0 Å². The molecule has 0 bridgehead atoms. The molecule has 1 unspecified atom stereocenters. The molecular formula is C26H34O2. The molecule has 1 fully saturated rings. The lowest BCUT2D eigenvalue weighted by molar-refractivity contribution is 0.113.